The van der Waals surface area contributed by atoms with Gasteiger partial charge in [0.25, 0.3) is 5.69 Å². The number of rotatable bonds is 7. The summed E-state index contributed by atoms with van der Waals surface area (Å²) in [6, 6.07) is 12.4. The van der Waals surface area contributed by atoms with Crippen molar-refractivity contribution in [3.63, 3.8) is 0 Å². The molecule has 27 heavy (non-hydrogen) atoms. The molecule has 1 amide bonds. The number of carbonyl (C=O) groups is 2. The second-order valence-corrected chi connectivity index (χ2v) is 5.50. The molecule has 0 radical (unpaired) electrons. The van der Waals surface area contributed by atoms with Gasteiger partial charge in [-0.15, -0.1) is 0 Å². The van der Waals surface area contributed by atoms with Crippen molar-refractivity contribution in [2.24, 2.45) is 0 Å². The van der Waals surface area contributed by atoms with Gasteiger partial charge in [-0.25, -0.2) is 9.59 Å². The van der Waals surface area contributed by atoms with Crippen LogP contribution in [0.1, 0.15) is 17.2 Å². The number of amides is 1. The number of nitro groups is 1. The van der Waals surface area contributed by atoms with E-state index < -0.39 is 29.1 Å². The van der Waals surface area contributed by atoms with E-state index in [0.29, 0.717) is 0 Å². The summed E-state index contributed by atoms with van der Waals surface area (Å²) in [6.07, 6.45) is -2.40. The summed E-state index contributed by atoms with van der Waals surface area (Å²) in [5, 5.41) is 23.4. The van der Waals surface area contributed by atoms with E-state index in [1.165, 1.54) is 24.3 Å². The van der Waals surface area contributed by atoms with Gasteiger partial charge in [-0.3, -0.25) is 10.1 Å². The maximum atomic E-state index is 12.0. The van der Waals surface area contributed by atoms with Gasteiger partial charge in [0.1, 0.15) is 12.7 Å². The molecule has 9 nitrogen and oxygen atoms in total. The van der Waals surface area contributed by atoms with E-state index in [-0.39, 0.29) is 17.9 Å². The SMILES string of the molecule is COC(=O)[C@@H](NC(=O)OCc1ccccc1)[C@H](O)c1ccc([N+](=O)[O-])cc1. The minimum absolute atomic E-state index is 0.0196. The Morgan fingerprint density at radius 2 is 1.78 bits per heavy atom. The zero-order valence-electron chi connectivity index (χ0n) is 14.4. The lowest BCUT2D eigenvalue weighted by Gasteiger charge is -2.22. The predicted octanol–water partition coefficient (Wildman–Crippen LogP) is 2.10. The van der Waals surface area contributed by atoms with Gasteiger partial charge in [0.2, 0.25) is 0 Å². The zero-order valence-corrected chi connectivity index (χ0v) is 14.4. The van der Waals surface area contributed by atoms with Gasteiger partial charge in [0.05, 0.1) is 12.0 Å². The van der Waals surface area contributed by atoms with Crippen LogP contribution in [0.4, 0.5) is 10.5 Å². The fraction of sp³-hybridized carbons (Fsp3) is 0.222. The standard InChI is InChI=1S/C18H18N2O7/c1-26-17(22)15(16(21)13-7-9-14(10-8-13)20(24)25)19-18(23)27-11-12-5-3-2-4-6-12/h2-10,15-16,21H,11H2,1H3,(H,19,23)/t15-,16+/m0/s1. The number of methoxy groups -OCH3 is 1. The molecule has 0 saturated heterocycles. The van der Waals surface area contributed by atoms with Crippen molar-refractivity contribution in [2.45, 2.75) is 18.8 Å². The first kappa shape index (κ1) is 19.9. The second-order valence-electron chi connectivity index (χ2n) is 5.50. The van der Waals surface area contributed by atoms with Crippen LogP contribution in [-0.4, -0.2) is 35.2 Å². The number of ether oxygens (including phenoxy) is 2. The first-order chi connectivity index (χ1) is 12.9. The van der Waals surface area contributed by atoms with Crippen molar-refractivity contribution in [3.8, 4) is 0 Å². The third-order valence-electron chi connectivity index (χ3n) is 3.70. The molecule has 0 fully saturated rings. The summed E-state index contributed by atoms with van der Waals surface area (Å²) in [6.45, 7) is -0.0196. The fourth-order valence-electron chi connectivity index (χ4n) is 2.27. The van der Waals surface area contributed by atoms with Crippen LogP contribution in [0.25, 0.3) is 0 Å². The van der Waals surface area contributed by atoms with Crippen LogP contribution in [0.15, 0.2) is 54.6 Å². The number of nitrogens with zero attached hydrogens (tertiary/aromatic N) is 1. The smallest absolute Gasteiger partial charge is 0.408 e. The number of nitro benzene ring substituents is 1. The summed E-state index contributed by atoms with van der Waals surface area (Å²) in [7, 11) is 1.11. The number of benzene rings is 2. The summed E-state index contributed by atoms with van der Waals surface area (Å²) in [5.74, 6) is -0.891. The van der Waals surface area contributed by atoms with E-state index >= 15 is 0 Å². The van der Waals surface area contributed by atoms with Crippen LogP contribution in [0, 0.1) is 10.1 Å². The number of hydrogen-bond acceptors (Lipinski definition) is 7. The maximum absolute atomic E-state index is 12.0. The molecule has 0 aliphatic rings. The highest BCUT2D eigenvalue weighted by atomic mass is 16.6. The Morgan fingerprint density at radius 1 is 1.15 bits per heavy atom. The largest absolute Gasteiger partial charge is 0.467 e. The van der Waals surface area contributed by atoms with Gasteiger partial charge < -0.3 is 19.9 Å². The number of hydrogen-bond donors (Lipinski definition) is 2. The topological polar surface area (TPSA) is 128 Å². The minimum Gasteiger partial charge on any atom is -0.467 e. The van der Waals surface area contributed by atoms with Crippen LogP contribution >= 0.6 is 0 Å². The Balaban J connectivity index is 2.06. The van der Waals surface area contributed by atoms with Crippen LogP contribution in [0.5, 0.6) is 0 Å². The molecule has 0 aromatic heterocycles. The Kier molecular flexibility index (Phi) is 6.84. The zero-order chi connectivity index (χ0) is 19.8. The number of nitrogens with one attached hydrogen (secondary N) is 1. The molecular weight excluding hydrogens is 356 g/mol. The third-order valence-corrected chi connectivity index (χ3v) is 3.70. The molecule has 9 heteroatoms. The average Bonchev–Trinajstić information content (AvgIpc) is 2.70. The highest BCUT2D eigenvalue weighted by Gasteiger charge is 2.31. The molecule has 0 saturated carbocycles. The lowest BCUT2D eigenvalue weighted by Crippen LogP contribution is -2.45. The number of esters is 1. The van der Waals surface area contributed by atoms with E-state index in [9.17, 15) is 24.8 Å². The van der Waals surface area contributed by atoms with Crippen LogP contribution < -0.4 is 5.32 Å². The maximum Gasteiger partial charge on any atom is 0.408 e. The lowest BCUT2D eigenvalue weighted by molar-refractivity contribution is -0.384. The molecule has 0 bridgehead atoms. The van der Waals surface area contributed by atoms with Crippen molar-refractivity contribution in [2.75, 3.05) is 7.11 Å². The highest BCUT2D eigenvalue weighted by Crippen LogP contribution is 2.21. The van der Waals surface area contributed by atoms with Crippen molar-refractivity contribution in [1.29, 1.82) is 0 Å². The van der Waals surface area contributed by atoms with Crippen LogP contribution in [0.3, 0.4) is 0 Å². The first-order valence-electron chi connectivity index (χ1n) is 7.90. The van der Waals surface area contributed by atoms with Crippen molar-refractivity contribution in [1.82, 2.24) is 5.32 Å². The molecular formula is C18H18N2O7. The van der Waals surface area contributed by atoms with Gasteiger partial charge in [0.15, 0.2) is 6.04 Å². The molecule has 2 aromatic rings. The molecule has 0 spiro atoms. The van der Waals surface area contributed by atoms with E-state index in [2.05, 4.69) is 10.1 Å². The van der Waals surface area contributed by atoms with Crippen LogP contribution in [0.2, 0.25) is 0 Å². The Bertz CT molecular complexity index is 793. The van der Waals surface area contributed by atoms with Crippen LogP contribution in [-0.2, 0) is 20.9 Å². The summed E-state index contributed by atoms with van der Waals surface area (Å²) >= 11 is 0. The Morgan fingerprint density at radius 3 is 2.33 bits per heavy atom. The van der Waals surface area contributed by atoms with Crippen molar-refractivity contribution < 1.29 is 29.1 Å². The molecule has 2 atom stereocenters. The van der Waals surface area contributed by atoms with E-state index in [4.69, 9.17) is 4.74 Å². The molecule has 0 unspecified atom stereocenters. The van der Waals surface area contributed by atoms with E-state index in [0.717, 1.165) is 12.7 Å². The molecule has 2 N–H and O–H groups in total. The average molecular weight is 374 g/mol. The first-order valence-corrected chi connectivity index (χ1v) is 7.90. The molecule has 0 aliphatic carbocycles. The second kappa shape index (κ2) is 9.30. The molecule has 0 aliphatic heterocycles. The number of alkyl carbamates (subject to hydrolysis) is 1. The number of carbonyl (C=O) groups excluding carboxylic acids is 2. The number of aliphatic hydroxyl groups excluding tert-OH is 1. The molecule has 2 aromatic carbocycles. The fourth-order valence-corrected chi connectivity index (χ4v) is 2.27. The molecule has 142 valence electrons. The summed E-state index contributed by atoms with van der Waals surface area (Å²) < 4.78 is 9.63. The predicted molar refractivity (Wildman–Crippen MR) is 93.6 cm³/mol. The summed E-state index contributed by atoms with van der Waals surface area (Å²) in [5.41, 5.74) is 0.772. The van der Waals surface area contributed by atoms with E-state index in [1.807, 2.05) is 6.07 Å². The van der Waals surface area contributed by atoms with Gasteiger partial charge in [-0.1, -0.05) is 30.3 Å². The van der Waals surface area contributed by atoms with Gasteiger partial charge in [-0.2, -0.15) is 0 Å². The van der Waals surface area contributed by atoms with Crippen molar-refractivity contribution >= 4 is 17.7 Å². The van der Waals surface area contributed by atoms with Gasteiger partial charge >= 0.3 is 12.1 Å². The lowest BCUT2D eigenvalue weighted by atomic mass is 10.0. The van der Waals surface area contributed by atoms with Gasteiger partial charge in [-0.05, 0) is 23.3 Å². The number of aliphatic hydroxyl groups is 1. The summed E-state index contributed by atoms with van der Waals surface area (Å²) in [4.78, 5) is 34.0. The minimum atomic E-state index is -1.48. The molecule has 0 heterocycles. The Labute approximate surface area is 154 Å². The monoisotopic (exact) mass is 374 g/mol. The Hall–Kier alpha value is -3.46. The van der Waals surface area contributed by atoms with Gasteiger partial charge in [0, 0.05) is 12.1 Å². The normalized spacial score (nSPS) is 12.5. The van der Waals surface area contributed by atoms with Crippen molar-refractivity contribution in [3.05, 3.63) is 75.8 Å². The van der Waals surface area contributed by atoms with E-state index in [1.54, 1.807) is 24.3 Å². The number of non-ortho nitro benzene ring substituents is 1. The quantitative estimate of drug-likeness (QED) is 0.431. The highest BCUT2D eigenvalue weighted by molar-refractivity contribution is 5.82. The molecule has 2 rings (SSSR count). The third kappa shape index (κ3) is 5.51.